The Morgan fingerprint density at radius 2 is 1.96 bits per heavy atom. The minimum Gasteiger partial charge on any atom is -0.484 e. The second-order valence-corrected chi connectivity index (χ2v) is 7.46. The third-order valence-electron chi connectivity index (χ3n) is 4.34. The van der Waals surface area contributed by atoms with Crippen LogP contribution in [0.4, 0.5) is 0 Å². The van der Waals surface area contributed by atoms with Crippen LogP contribution in [0, 0.1) is 13.8 Å². The number of ether oxygens (including phenoxy) is 2. The van der Waals surface area contributed by atoms with Crippen molar-refractivity contribution in [3.05, 3.63) is 75.2 Å². The number of benzene rings is 1. The molecule has 0 aliphatic carbocycles. The number of aryl methyl sites for hydroxylation is 1. The van der Waals surface area contributed by atoms with Gasteiger partial charge in [0, 0.05) is 16.3 Å². The molecular formula is C21H22N2O4S. The molecule has 0 bridgehead atoms. The molecular weight excluding hydrogens is 376 g/mol. The van der Waals surface area contributed by atoms with E-state index in [-0.39, 0.29) is 19.2 Å². The summed E-state index contributed by atoms with van der Waals surface area (Å²) in [7, 11) is 0. The van der Waals surface area contributed by atoms with Gasteiger partial charge in [0.2, 0.25) is 0 Å². The predicted octanol–water partition coefficient (Wildman–Crippen LogP) is 3.44. The van der Waals surface area contributed by atoms with E-state index in [1.165, 1.54) is 4.88 Å². The van der Waals surface area contributed by atoms with Crippen molar-refractivity contribution in [1.29, 1.82) is 0 Å². The van der Waals surface area contributed by atoms with Gasteiger partial charge >= 0.3 is 5.97 Å². The van der Waals surface area contributed by atoms with Crippen molar-refractivity contribution in [2.24, 2.45) is 5.73 Å². The number of nitrogens with zero attached hydrogens (tertiary/aromatic N) is 1. The first-order valence-electron chi connectivity index (χ1n) is 8.80. The van der Waals surface area contributed by atoms with E-state index in [1.54, 1.807) is 29.5 Å². The Hall–Kier alpha value is -3.06. The minimum atomic E-state index is -0.547. The molecule has 0 saturated carbocycles. The second-order valence-electron chi connectivity index (χ2n) is 6.43. The quantitative estimate of drug-likeness (QED) is 0.589. The van der Waals surface area contributed by atoms with Crippen LogP contribution in [0.2, 0.25) is 0 Å². The summed E-state index contributed by atoms with van der Waals surface area (Å²) in [6.45, 7) is 4.56. The second kappa shape index (κ2) is 8.75. The van der Waals surface area contributed by atoms with Crippen LogP contribution in [-0.4, -0.2) is 23.1 Å². The lowest BCUT2D eigenvalue weighted by Crippen LogP contribution is -2.20. The van der Waals surface area contributed by atoms with E-state index in [0.29, 0.717) is 11.3 Å². The molecule has 0 unspecified atom stereocenters. The Balaban J connectivity index is 1.65. The normalized spacial score (nSPS) is 10.6. The fraction of sp³-hybridized carbons (Fsp3) is 0.238. The van der Waals surface area contributed by atoms with Gasteiger partial charge in [-0.1, -0.05) is 18.2 Å². The van der Waals surface area contributed by atoms with E-state index >= 15 is 0 Å². The number of primary amides is 1. The van der Waals surface area contributed by atoms with Gasteiger partial charge in [0.05, 0.1) is 12.1 Å². The molecule has 0 atom stereocenters. The average Bonchev–Trinajstić information content (AvgIpc) is 3.28. The van der Waals surface area contributed by atoms with Crippen molar-refractivity contribution in [2.75, 3.05) is 6.61 Å². The average molecular weight is 398 g/mol. The largest absolute Gasteiger partial charge is 0.484 e. The number of esters is 1. The molecule has 0 aliphatic rings. The van der Waals surface area contributed by atoms with Gasteiger partial charge in [0.15, 0.2) is 6.61 Å². The van der Waals surface area contributed by atoms with Gasteiger partial charge in [0.25, 0.3) is 5.91 Å². The lowest BCUT2D eigenvalue weighted by molar-refractivity contribution is -0.119. The Morgan fingerprint density at radius 1 is 1.14 bits per heavy atom. The maximum atomic E-state index is 12.6. The van der Waals surface area contributed by atoms with Crippen LogP contribution in [0.25, 0.3) is 0 Å². The zero-order valence-electron chi connectivity index (χ0n) is 15.8. The molecule has 3 aromatic rings. The van der Waals surface area contributed by atoms with E-state index in [4.69, 9.17) is 15.2 Å². The molecule has 7 heteroatoms. The van der Waals surface area contributed by atoms with Crippen molar-refractivity contribution in [3.63, 3.8) is 0 Å². The highest BCUT2D eigenvalue weighted by Gasteiger charge is 2.17. The van der Waals surface area contributed by atoms with Gasteiger partial charge in [-0.15, -0.1) is 11.3 Å². The van der Waals surface area contributed by atoms with Gasteiger partial charge in [-0.2, -0.15) is 0 Å². The van der Waals surface area contributed by atoms with Crippen LogP contribution in [-0.2, 0) is 22.7 Å². The first-order valence-corrected chi connectivity index (χ1v) is 9.68. The van der Waals surface area contributed by atoms with E-state index in [9.17, 15) is 9.59 Å². The fourth-order valence-corrected chi connectivity index (χ4v) is 3.61. The molecule has 6 nitrogen and oxygen atoms in total. The number of carbonyl (C=O) groups is 2. The maximum absolute atomic E-state index is 12.6. The maximum Gasteiger partial charge on any atom is 0.340 e. The Bertz CT molecular complexity index is 976. The van der Waals surface area contributed by atoms with E-state index < -0.39 is 5.91 Å². The summed E-state index contributed by atoms with van der Waals surface area (Å²) in [5, 5.41) is 2.04. The van der Waals surface area contributed by atoms with E-state index in [0.717, 1.165) is 23.5 Å². The zero-order valence-corrected chi connectivity index (χ0v) is 16.6. The summed E-state index contributed by atoms with van der Waals surface area (Å²) in [5.74, 6) is -0.412. The molecule has 3 rings (SSSR count). The van der Waals surface area contributed by atoms with Crippen molar-refractivity contribution in [3.8, 4) is 5.75 Å². The molecule has 146 valence electrons. The van der Waals surface area contributed by atoms with Crippen molar-refractivity contribution in [1.82, 2.24) is 4.57 Å². The van der Waals surface area contributed by atoms with E-state index in [2.05, 4.69) is 10.6 Å². The van der Waals surface area contributed by atoms with Gasteiger partial charge in [0.1, 0.15) is 12.4 Å². The number of aromatic nitrogens is 1. The molecule has 0 aliphatic heterocycles. The smallest absolute Gasteiger partial charge is 0.340 e. The third kappa shape index (κ3) is 4.80. The van der Waals surface area contributed by atoms with Crippen molar-refractivity contribution in [2.45, 2.75) is 27.0 Å². The third-order valence-corrected chi connectivity index (χ3v) is 5.20. The molecule has 2 heterocycles. The molecule has 1 aromatic carbocycles. The number of rotatable bonds is 8. The first-order chi connectivity index (χ1) is 13.4. The monoisotopic (exact) mass is 398 g/mol. The fourth-order valence-electron chi connectivity index (χ4n) is 2.92. The van der Waals surface area contributed by atoms with Crippen LogP contribution in [0.15, 0.2) is 47.8 Å². The summed E-state index contributed by atoms with van der Waals surface area (Å²) in [6, 6.07) is 13.0. The summed E-state index contributed by atoms with van der Waals surface area (Å²) in [6.07, 6.45) is 0. The number of carbonyl (C=O) groups excluding carboxylic acids is 2. The van der Waals surface area contributed by atoms with Crippen LogP contribution in [0.5, 0.6) is 5.75 Å². The summed E-state index contributed by atoms with van der Waals surface area (Å²) in [4.78, 5) is 24.6. The van der Waals surface area contributed by atoms with E-state index in [1.807, 2.05) is 37.4 Å². The molecule has 0 saturated heterocycles. The van der Waals surface area contributed by atoms with Gasteiger partial charge < -0.3 is 19.8 Å². The van der Waals surface area contributed by atoms with Crippen LogP contribution in [0.3, 0.4) is 0 Å². The summed E-state index contributed by atoms with van der Waals surface area (Å²) in [5.41, 5.74) is 8.31. The topological polar surface area (TPSA) is 83.6 Å². The van der Waals surface area contributed by atoms with Crippen molar-refractivity contribution >= 4 is 23.2 Å². The highest BCUT2D eigenvalue weighted by Crippen LogP contribution is 2.21. The number of amides is 1. The van der Waals surface area contributed by atoms with Gasteiger partial charge in [-0.05, 0) is 49.1 Å². The lowest BCUT2D eigenvalue weighted by Gasteiger charge is -2.09. The highest BCUT2D eigenvalue weighted by molar-refractivity contribution is 7.09. The molecule has 1 amide bonds. The first kappa shape index (κ1) is 19.7. The SMILES string of the molecule is Cc1cc(C(=O)OCc2cccc(OCC(N)=O)c2)c(C)n1Cc1cccs1. The molecule has 0 fully saturated rings. The van der Waals surface area contributed by atoms with Crippen LogP contribution < -0.4 is 10.5 Å². The van der Waals surface area contributed by atoms with Crippen LogP contribution >= 0.6 is 11.3 Å². The number of hydrogen-bond acceptors (Lipinski definition) is 5. The minimum absolute atomic E-state index is 0.112. The molecule has 0 radical (unpaired) electrons. The number of thiophene rings is 1. The molecule has 28 heavy (non-hydrogen) atoms. The molecule has 2 N–H and O–H groups in total. The Labute approximate surface area is 167 Å². The Morgan fingerprint density at radius 3 is 2.68 bits per heavy atom. The summed E-state index contributed by atoms with van der Waals surface area (Å²) < 4.78 is 12.9. The zero-order chi connectivity index (χ0) is 20.1. The van der Waals surface area contributed by atoms with Crippen molar-refractivity contribution < 1.29 is 19.1 Å². The van der Waals surface area contributed by atoms with Gasteiger partial charge in [-0.3, -0.25) is 4.79 Å². The lowest BCUT2D eigenvalue weighted by atomic mass is 10.2. The standard InChI is InChI=1S/C21H22N2O4S/c1-14-9-19(15(2)23(14)11-18-7-4-8-28-18)21(25)27-12-16-5-3-6-17(10-16)26-13-20(22)24/h3-10H,11-13H2,1-2H3,(H2,22,24). The highest BCUT2D eigenvalue weighted by atomic mass is 32.1. The predicted molar refractivity (Wildman–Crippen MR) is 108 cm³/mol. The van der Waals surface area contributed by atoms with Crippen LogP contribution in [0.1, 0.15) is 32.2 Å². The van der Waals surface area contributed by atoms with Gasteiger partial charge in [-0.25, -0.2) is 4.79 Å². The molecule has 0 spiro atoms. The number of hydrogen-bond donors (Lipinski definition) is 1. The molecule has 2 aromatic heterocycles. The number of nitrogens with two attached hydrogens (primary N) is 1. The Kier molecular flexibility index (Phi) is 6.16. The summed E-state index contributed by atoms with van der Waals surface area (Å²) >= 11 is 1.69.